The van der Waals surface area contributed by atoms with Crippen molar-refractivity contribution in [3.8, 4) is 0 Å². The number of aromatic nitrogens is 1. The Morgan fingerprint density at radius 2 is 2.16 bits per heavy atom. The zero-order valence-electron chi connectivity index (χ0n) is 11.0. The van der Waals surface area contributed by atoms with Gasteiger partial charge in [-0.15, -0.1) is 0 Å². The second kappa shape index (κ2) is 4.88. The van der Waals surface area contributed by atoms with Gasteiger partial charge in [0.15, 0.2) is 0 Å². The van der Waals surface area contributed by atoms with Gasteiger partial charge < -0.3 is 10.2 Å². The lowest BCUT2D eigenvalue weighted by molar-refractivity contribution is -0.132. The molecule has 1 unspecified atom stereocenters. The van der Waals surface area contributed by atoms with Gasteiger partial charge in [-0.3, -0.25) is 9.78 Å². The van der Waals surface area contributed by atoms with Crippen LogP contribution in [-0.4, -0.2) is 35.4 Å². The number of carbonyl (C=O) groups is 1. The zero-order valence-corrected chi connectivity index (χ0v) is 11.0. The van der Waals surface area contributed by atoms with E-state index in [1.165, 1.54) is 0 Å². The number of likely N-dealkylation sites (tertiary alicyclic amines) is 1. The summed E-state index contributed by atoms with van der Waals surface area (Å²) in [4.78, 5) is 17.6. The molecule has 1 saturated heterocycles. The van der Waals surface area contributed by atoms with Crippen LogP contribution in [0.5, 0.6) is 0 Å². The molecule has 98 valence electrons. The fraction of sp³-hybridized carbons (Fsp3) is 0.333. The summed E-state index contributed by atoms with van der Waals surface area (Å²) in [6.45, 7) is 0.759. The molecule has 4 nitrogen and oxygen atoms in total. The number of piperidine rings is 1. The summed E-state index contributed by atoms with van der Waals surface area (Å²) in [5.41, 5.74) is 2.09. The lowest BCUT2D eigenvalue weighted by Crippen LogP contribution is -2.43. The predicted octanol–water partition coefficient (Wildman–Crippen LogP) is 2.27. The third kappa shape index (κ3) is 2.38. The molecule has 0 bridgehead atoms. The van der Waals surface area contributed by atoms with E-state index in [4.69, 9.17) is 0 Å². The Balaban J connectivity index is 1.84. The highest BCUT2D eigenvalue weighted by Crippen LogP contribution is 2.23. The third-order valence-electron chi connectivity index (χ3n) is 3.64. The van der Waals surface area contributed by atoms with Crippen molar-refractivity contribution in [3.63, 3.8) is 0 Å². The minimum atomic E-state index is 0.234. The fourth-order valence-corrected chi connectivity index (χ4v) is 2.57. The number of hydrogen-bond donors (Lipinski definition) is 1. The minimum Gasteiger partial charge on any atom is -0.380 e. The molecule has 1 fully saturated rings. The highest BCUT2D eigenvalue weighted by Gasteiger charge is 2.22. The second-order valence-corrected chi connectivity index (χ2v) is 5.03. The molecule has 1 aliphatic rings. The number of para-hydroxylation sites is 1. The van der Waals surface area contributed by atoms with Gasteiger partial charge in [0, 0.05) is 43.3 Å². The lowest BCUT2D eigenvalue weighted by Gasteiger charge is -2.31. The summed E-state index contributed by atoms with van der Waals surface area (Å²) in [5, 5.41) is 4.67. The molecule has 4 heteroatoms. The van der Waals surface area contributed by atoms with Crippen molar-refractivity contribution >= 4 is 22.5 Å². The van der Waals surface area contributed by atoms with Gasteiger partial charge in [-0.05, 0) is 18.6 Å². The summed E-state index contributed by atoms with van der Waals surface area (Å²) in [6, 6.07) is 10.4. The summed E-state index contributed by atoms with van der Waals surface area (Å²) in [7, 11) is 1.86. The number of carbonyl (C=O) groups excluding carboxylic acids is 1. The minimum absolute atomic E-state index is 0.234. The number of hydrogen-bond acceptors (Lipinski definition) is 3. The van der Waals surface area contributed by atoms with Crippen molar-refractivity contribution in [1.29, 1.82) is 0 Å². The number of rotatable bonds is 2. The largest absolute Gasteiger partial charge is 0.380 e. The second-order valence-electron chi connectivity index (χ2n) is 5.03. The molecular weight excluding hydrogens is 238 g/mol. The lowest BCUT2D eigenvalue weighted by atomic mass is 10.0. The van der Waals surface area contributed by atoms with Gasteiger partial charge in [-0.1, -0.05) is 18.2 Å². The fourth-order valence-electron chi connectivity index (χ4n) is 2.57. The number of amides is 1. The SMILES string of the molecule is CN1CC(Nc2ccnc3ccccc23)CCC1=O. The molecule has 0 saturated carbocycles. The Morgan fingerprint density at radius 1 is 1.32 bits per heavy atom. The number of fused-ring (bicyclic) bond motifs is 1. The molecular formula is C15H17N3O. The van der Waals surface area contributed by atoms with Crippen LogP contribution in [0.4, 0.5) is 5.69 Å². The molecule has 2 aromatic rings. The first-order chi connectivity index (χ1) is 9.24. The number of benzene rings is 1. The Kier molecular flexibility index (Phi) is 3.07. The Morgan fingerprint density at radius 3 is 3.00 bits per heavy atom. The summed E-state index contributed by atoms with van der Waals surface area (Å²) in [5.74, 6) is 0.234. The van der Waals surface area contributed by atoms with Crippen molar-refractivity contribution in [2.24, 2.45) is 0 Å². The first kappa shape index (κ1) is 12.0. The Bertz CT molecular complexity index is 606. The molecule has 1 aromatic heterocycles. The first-order valence-corrected chi connectivity index (χ1v) is 6.58. The van der Waals surface area contributed by atoms with Crippen LogP contribution in [0.3, 0.4) is 0 Å². The van der Waals surface area contributed by atoms with Crippen LogP contribution in [0.25, 0.3) is 10.9 Å². The monoisotopic (exact) mass is 255 g/mol. The van der Waals surface area contributed by atoms with Gasteiger partial charge in [0.2, 0.25) is 5.91 Å². The molecule has 1 atom stereocenters. The van der Waals surface area contributed by atoms with Gasteiger partial charge in [0.1, 0.15) is 0 Å². The van der Waals surface area contributed by atoms with E-state index in [1.807, 2.05) is 37.5 Å². The summed E-state index contributed by atoms with van der Waals surface area (Å²) < 4.78 is 0. The van der Waals surface area contributed by atoms with E-state index in [0.717, 1.165) is 29.6 Å². The maximum Gasteiger partial charge on any atom is 0.222 e. The van der Waals surface area contributed by atoms with Gasteiger partial charge in [0.25, 0.3) is 0 Å². The maximum atomic E-state index is 11.5. The maximum absolute atomic E-state index is 11.5. The highest BCUT2D eigenvalue weighted by molar-refractivity contribution is 5.91. The molecule has 1 amide bonds. The molecule has 19 heavy (non-hydrogen) atoms. The van der Waals surface area contributed by atoms with Crippen molar-refractivity contribution in [3.05, 3.63) is 36.5 Å². The molecule has 0 radical (unpaired) electrons. The van der Waals surface area contributed by atoms with Gasteiger partial charge >= 0.3 is 0 Å². The smallest absolute Gasteiger partial charge is 0.222 e. The molecule has 2 heterocycles. The van der Waals surface area contributed by atoms with Crippen LogP contribution in [0.2, 0.25) is 0 Å². The molecule has 1 N–H and O–H groups in total. The van der Waals surface area contributed by atoms with E-state index in [2.05, 4.69) is 16.4 Å². The average Bonchev–Trinajstić information content (AvgIpc) is 2.43. The summed E-state index contributed by atoms with van der Waals surface area (Å²) >= 11 is 0. The first-order valence-electron chi connectivity index (χ1n) is 6.58. The van der Waals surface area contributed by atoms with Crippen LogP contribution in [0.15, 0.2) is 36.5 Å². The van der Waals surface area contributed by atoms with Crippen LogP contribution in [-0.2, 0) is 4.79 Å². The number of anilines is 1. The predicted molar refractivity (Wildman–Crippen MR) is 76.0 cm³/mol. The number of nitrogens with one attached hydrogen (secondary N) is 1. The van der Waals surface area contributed by atoms with E-state index in [1.54, 1.807) is 4.90 Å². The average molecular weight is 255 g/mol. The Hall–Kier alpha value is -2.10. The van der Waals surface area contributed by atoms with E-state index >= 15 is 0 Å². The molecule has 0 aliphatic carbocycles. The standard InChI is InChI=1S/C15H17N3O/c1-18-10-11(6-7-15(18)19)17-14-8-9-16-13-5-3-2-4-12(13)14/h2-5,8-9,11H,6-7,10H2,1H3,(H,16,17). The highest BCUT2D eigenvalue weighted by atomic mass is 16.2. The molecule has 0 spiro atoms. The van der Waals surface area contributed by atoms with Gasteiger partial charge in [0.05, 0.1) is 5.52 Å². The van der Waals surface area contributed by atoms with Crippen LogP contribution in [0.1, 0.15) is 12.8 Å². The van der Waals surface area contributed by atoms with Gasteiger partial charge in [-0.2, -0.15) is 0 Å². The van der Waals surface area contributed by atoms with Crippen molar-refractivity contribution in [1.82, 2.24) is 9.88 Å². The van der Waals surface area contributed by atoms with E-state index in [9.17, 15) is 4.79 Å². The van der Waals surface area contributed by atoms with Crippen LogP contribution >= 0.6 is 0 Å². The van der Waals surface area contributed by atoms with Crippen molar-refractivity contribution in [2.75, 3.05) is 18.9 Å². The summed E-state index contributed by atoms with van der Waals surface area (Å²) in [6.07, 6.45) is 3.33. The van der Waals surface area contributed by atoms with Crippen molar-refractivity contribution < 1.29 is 4.79 Å². The quantitative estimate of drug-likeness (QED) is 0.895. The van der Waals surface area contributed by atoms with Crippen molar-refractivity contribution in [2.45, 2.75) is 18.9 Å². The topological polar surface area (TPSA) is 45.2 Å². The number of likely N-dealkylation sites (N-methyl/N-ethyl adjacent to an activating group) is 1. The Labute approximate surface area is 112 Å². The number of pyridine rings is 1. The van der Waals surface area contributed by atoms with E-state index < -0.39 is 0 Å². The normalized spacial score (nSPS) is 19.7. The van der Waals surface area contributed by atoms with Crippen LogP contribution in [0, 0.1) is 0 Å². The van der Waals surface area contributed by atoms with Gasteiger partial charge in [-0.25, -0.2) is 0 Å². The van der Waals surface area contributed by atoms with E-state index in [-0.39, 0.29) is 5.91 Å². The molecule has 1 aliphatic heterocycles. The third-order valence-corrected chi connectivity index (χ3v) is 3.64. The zero-order chi connectivity index (χ0) is 13.2. The van der Waals surface area contributed by atoms with E-state index in [0.29, 0.717) is 12.5 Å². The number of nitrogens with zero attached hydrogens (tertiary/aromatic N) is 2. The molecule has 3 rings (SSSR count). The molecule has 1 aromatic carbocycles. The van der Waals surface area contributed by atoms with Crippen LogP contribution < -0.4 is 5.32 Å².